The Kier molecular flexibility index (Phi) is 4.76. The van der Waals surface area contributed by atoms with Crippen molar-refractivity contribution in [3.63, 3.8) is 0 Å². The van der Waals surface area contributed by atoms with Crippen molar-refractivity contribution in [2.45, 2.75) is 25.9 Å². The van der Waals surface area contributed by atoms with Crippen molar-refractivity contribution in [1.82, 2.24) is 10.2 Å². The Morgan fingerprint density at radius 2 is 2.00 bits per heavy atom. The molecule has 2 aliphatic heterocycles. The molecule has 0 aliphatic carbocycles. The zero-order valence-corrected chi connectivity index (χ0v) is 11.3. The molecule has 19 heavy (non-hydrogen) atoms. The Morgan fingerprint density at radius 3 is 2.58 bits per heavy atom. The molecule has 2 saturated heterocycles. The third-order valence-corrected chi connectivity index (χ3v) is 4.01. The molecule has 0 spiro atoms. The number of amides is 1. The first-order valence-corrected chi connectivity index (χ1v) is 6.91. The number of ether oxygens (including phenoxy) is 1. The summed E-state index contributed by atoms with van der Waals surface area (Å²) in [6, 6.07) is 0. The summed E-state index contributed by atoms with van der Waals surface area (Å²) in [6.07, 6.45) is 2.02. The maximum atomic E-state index is 12.0. The fraction of sp³-hybridized carbons (Fsp3) is 0.846. The maximum absolute atomic E-state index is 12.0. The first-order chi connectivity index (χ1) is 9.08. The van der Waals surface area contributed by atoms with Gasteiger partial charge in [-0.15, -0.1) is 0 Å². The Morgan fingerprint density at radius 1 is 1.32 bits per heavy atom. The molecule has 0 aromatic heterocycles. The lowest BCUT2D eigenvalue weighted by Gasteiger charge is -2.24. The van der Waals surface area contributed by atoms with Gasteiger partial charge in [-0.05, 0) is 31.8 Å². The SMILES string of the molecule is C[C@@H]1CN(C(=O)COC2CCNCC2)C[C@H]1C(=O)O. The predicted octanol–water partition coefficient (Wildman–Crippen LogP) is -0.0659. The van der Waals surface area contributed by atoms with Crippen LogP contribution in [0.15, 0.2) is 0 Å². The van der Waals surface area contributed by atoms with E-state index in [2.05, 4.69) is 5.32 Å². The van der Waals surface area contributed by atoms with Gasteiger partial charge >= 0.3 is 5.97 Å². The number of hydrogen-bond donors (Lipinski definition) is 2. The summed E-state index contributed by atoms with van der Waals surface area (Å²) in [5, 5.41) is 12.3. The molecule has 0 saturated carbocycles. The number of rotatable bonds is 4. The highest BCUT2D eigenvalue weighted by molar-refractivity contribution is 5.79. The molecule has 2 aliphatic rings. The van der Waals surface area contributed by atoms with Crippen LogP contribution in [0.1, 0.15) is 19.8 Å². The molecule has 0 aromatic carbocycles. The lowest BCUT2D eigenvalue weighted by atomic mass is 9.99. The molecule has 108 valence electrons. The number of carboxylic acids is 1. The summed E-state index contributed by atoms with van der Waals surface area (Å²) >= 11 is 0. The first kappa shape index (κ1) is 14.3. The van der Waals surface area contributed by atoms with Crippen LogP contribution in [0, 0.1) is 11.8 Å². The smallest absolute Gasteiger partial charge is 0.308 e. The van der Waals surface area contributed by atoms with Crippen molar-refractivity contribution >= 4 is 11.9 Å². The number of nitrogens with zero attached hydrogens (tertiary/aromatic N) is 1. The van der Waals surface area contributed by atoms with E-state index in [1.807, 2.05) is 6.92 Å². The molecule has 0 aromatic rings. The van der Waals surface area contributed by atoms with Gasteiger partial charge in [-0.3, -0.25) is 9.59 Å². The monoisotopic (exact) mass is 270 g/mol. The van der Waals surface area contributed by atoms with Crippen LogP contribution in [0.2, 0.25) is 0 Å². The average molecular weight is 270 g/mol. The van der Waals surface area contributed by atoms with E-state index < -0.39 is 11.9 Å². The maximum Gasteiger partial charge on any atom is 0.308 e. The van der Waals surface area contributed by atoms with E-state index in [1.54, 1.807) is 4.90 Å². The van der Waals surface area contributed by atoms with E-state index in [9.17, 15) is 9.59 Å². The first-order valence-electron chi connectivity index (χ1n) is 6.91. The molecule has 2 heterocycles. The molecule has 0 unspecified atom stereocenters. The second-order valence-electron chi connectivity index (χ2n) is 5.48. The topological polar surface area (TPSA) is 78.9 Å². The van der Waals surface area contributed by atoms with E-state index in [4.69, 9.17) is 9.84 Å². The predicted molar refractivity (Wildman–Crippen MR) is 68.7 cm³/mol. The van der Waals surface area contributed by atoms with Gasteiger partial charge in [0, 0.05) is 13.1 Å². The zero-order valence-electron chi connectivity index (χ0n) is 11.3. The Hall–Kier alpha value is -1.14. The fourth-order valence-electron chi connectivity index (χ4n) is 2.73. The minimum Gasteiger partial charge on any atom is -0.481 e. The number of carbonyl (C=O) groups is 2. The van der Waals surface area contributed by atoms with E-state index in [0.29, 0.717) is 13.1 Å². The van der Waals surface area contributed by atoms with Crippen molar-refractivity contribution in [1.29, 1.82) is 0 Å². The van der Waals surface area contributed by atoms with Crippen LogP contribution in [0.5, 0.6) is 0 Å². The molecule has 0 radical (unpaired) electrons. The number of hydrogen-bond acceptors (Lipinski definition) is 4. The van der Waals surface area contributed by atoms with Gasteiger partial charge in [-0.1, -0.05) is 6.92 Å². The quantitative estimate of drug-likeness (QED) is 0.748. The lowest BCUT2D eigenvalue weighted by molar-refractivity contribution is -0.142. The summed E-state index contributed by atoms with van der Waals surface area (Å²) in [5.74, 6) is -1.33. The van der Waals surface area contributed by atoms with E-state index in [0.717, 1.165) is 25.9 Å². The van der Waals surface area contributed by atoms with Crippen molar-refractivity contribution in [3.8, 4) is 0 Å². The third kappa shape index (κ3) is 3.67. The number of aliphatic carboxylic acids is 1. The fourth-order valence-corrected chi connectivity index (χ4v) is 2.73. The standard InChI is InChI=1S/C13H22N2O4/c1-9-6-15(7-11(9)13(17)18)12(16)8-19-10-2-4-14-5-3-10/h9-11,14H,2-8H2,1H3,(H,17,18)/t9-,11-/m1/s1. The molecule has 0 bridgehead atoms. The minimum absolute atomic E-state index is 0.0142. The highest BCUT2D eigenvalue weighted by Gasteiger charge is 2.36. The Balaban J connectivity index is 1.76. The molecule has 6 heteroatoms. The van der Waals surface area contributed by atoms with E-state index >= 15 is 0 Å². The van der Waals surface area contributed by atoms with Crippen LogP contribution in [-0.2, 0) is 14.3 Å². The number of carbonyl (C=O) groups excluding carboxylic acids is 1. The van der Waals surface area contributed by atoms with E-state index in [-0.39, 0.29) is 24.5 Å². The molecule has 2 rings (SSSR count). The normalized spacial score (nSPS) is 28.6. The van der Waals surface area contributed by atoms with Crippen LogP contribution >= 0.6 is 0 Å². The second-order valence-corrected chi connectivity index (χ2v) is 5.48. The van der Waals surface area contributed by atoms with E-state index in [1.165, 1.54) is 0 Å². The van der Waals surface area contributed by atoms with Gasteiger partial charge in [0.05, 0.1) is 12.0 Å². The molecule has 2 N–H and O–H groups in total. The zero-order chi connectivity index (χ0) is 13.8. The molecule has 1 amide bonds. The summed E-state index contributed by atoms with van der Waals surface area (Å²) in [4.78, 5) is 24.6. The highest BCUT2D eigenvalue weighted by atomic mass is 16.5. The largest absolute Gasteiger partial charge is 0.481 e. The molecular weight excluding hydrogens is 248 g/mol. The van der Waals surface area contributed by atoms with Crippen LogP contribution in [0.25, 0.3) is 0 Å². The average Bonchev–Trinajstić information content (AvgIpc) is 2.79. The van der Waals surface area contributed by atoms with Crippen LogP contribution in [0.4, 0.5) is 0 Å². The van der Waals surface area contributed by atoms with Crippen LogP contribution in [-0.4, -0.2) is 60.8 Å². The molecule has 2 fully saturated rings. The van der Waals surface area contributed by atoms with Crippen molar-refractivity contribution in [2.24, 2.45) is 11.8 Å². The minimum atomic E-state index is -0.818. The van der Waals surface area contributed by atoms with Gasteiger partial charge in [0.25, 0.3) is 0 Å². The molecular formula is C13H22N2O4. The summed E-state index contributed by atoms with van der Waals surface area (Å²) in [7, 11) is 0. The van der Waals surface area contributed by atoms with Gasteiger partial charge in [-0.2, -0.15) is 0 Å². The highest BCUT2D eigenvalue weighted by Crippen LogP contribution is 2.23. The third-order valence-electron chi connectivity index (χ3n) is 4.01. The van der Waals surface area contributed by atoms with Crippen molar-refractivity contribution < 1.29 is 19.4 Å². The lowest BCUT2D eigenvalue weighted by Crippen LogP contribution is -2.37. The second kappa shape index (κ2) is 6.34. The summed E-state index contributed by atoms with van der Waals surface area (Å²) in [6.45, 7) is 4.64. The Bertz CT molecular complexity index is 342. The van der Waals surface area contributed by atoms with Gasteiger partial charge in [0.2, 0.25) is 5.91 Å². The summed E-state index contributed by atoms with van der Waals surface area (Å²) in [5.41, 5.74) is 0. The molecule has 6 nitrogen and oxygen atoms in total. The van der Waals surface area contributed by atoms with Gasteiger partial charge in [0.15, 0.2) is 0 Å². The number of likely N-dealkylation sites (tertiary alicyclic amines) is 1. The van der Waals surface area contributed by atoms with Crippen LogP contribution < -0.4 is 5.32 Å². The number of piperidine rings is 1. The van der Waals surface area contributed by atoms with Gasteiger partial charge in [0.1, 0.15) is 6.61 Å². The number of carboxylic acid groups (broad SMARTS) is 1. The van der Waals surface area contributed by atoms with Crippen molar-refractivity contribution in [2.75, 3.05) is 32.8 Å². The van der Waals surface area contributed by atoms with Gasteiger partial charge in [-0.25, -0.2) is 0 Å². The van der Waals surface area contributed by atoms with Crippen LogP contribution in [0.3, 0.4) is 0 Å². The number of nitrogens with one attached hydrogen (secondary N) is 1. The summed E-state index contributed by atoms with van der Waals surface area (Å²) < 4.78 is 5.61. The molecule has 2 atom stereocenters. The Labute approximate surface area is 113 Å². The van der Waals surface area contributed by atoms with Gasteiger partial charge < -0.3 is 20.1 Å². The van der Waals surface area contributed by atoms with Crippen molar-refractivity contribution in [3.05, 3.63) is 0 Å².